The molecule has 0 bridgehead atoms. The van der Waals surface area contributed by atoms with Crippen molar-refractivity contribution in [1.29, 1.82) is 0 Å². The third kappa shape index (κ3) is 11.4. The average Bonchev–Trinajstić information content (AvgIpc) is 2.84. The van der Waals surface area contributed by atoms with Crippen LogP contribution in [0.2, 0.25) is 0 Å². The molecule has 0 amide bonds. The Balaban J connectivity index is 0.000000234. The van der Waals surface area contributed by atoms with E-state index in [-0.39, 0.29) is 23.1 Å². The summed E-state index contributed by atoms with van der Waals surface area (Å²) in [5.74, 6) is 0.891. The van der Waals surface area contributed by atoms with Crippen LogP contribution in [0.15, 0.2) is 24.3 Å². The van der Waals surface area contributed by atoms with Gasteiger partial charge in [0.25, 0.3) is 0 Å². The number of para-hydroxylation sites is 1. The Hall–Kier alpha value is 0.523. The molecule has 0 atom stereocenters. The summed E-state index contributed by atoms with van der Waals surface area (Å²) in [5, 5.41) is 0. The molecule has 0 heterocycles. The molecule has 0 spiro atoms. The van der Waals surface area contributed by atoms with Crippen LogP contribution in [0.3, 0.4) is 0 Å². The fourth-order valence-electron chi connectivity index (χ4n) is 6.19. The Morgan fingerprint density at radius 3 is 1.45 bits per heavy atom. The van der Waals surface area contributed by atoms with E-state index in [4.69, 9.17) is 26.3 Å². The number of aromatic hydroxyl groups is 1. The first kappa shape index (κ1) is 29.8. The Labute approximate surface area is 221 Å². The van der Waals surface area contributed by atoms with Crippen molar-refractivity contribution in [2.24, 2.45) is 0 Å². The first-order valence-electron chi connectivity index (χ1n) is 13.3. The zero-order valence-corrected chi connectivity index (χ0v) is 25.1. The normalized spacial score (nSPS) is 20.7. The van der Waals surface area contributed by atoms with Gasteiger partial charge in [-0.25, -0.2) is 6.92 Å². The molecule has 1 aromatic carbocycles. The zero-order chi connectivity index (χ0) is 23.9. The van der Waals surface area contributed by atoms with E-state index < -0.39 is 0 Å². The molecule has 33 heavy (non-hydrogen) atoms. The van der Waals surface area contributed by atoms with Crippen molar-refractivity contribution in [2.75, 3.05) is 0 Å². The number of rotatable bonds is 5. The first-order valence-corrected chi connectivity index (χ1v) is 19.5. The first-order chi connectivity index (χ1) is 16.1. The standard InChI is InChI=1S/C18H33P.C10H12O.2ClH.Ru/c1-4-10-16(11-5-1)19(17-12-6-2-7-13-17)18-14-8-3-9-15-18;1-8(2)11-10-7-5-4-6-9(10)3;;;/h16-18H,1-15H2;3-8H,1-2H3;2*1H;/q;-1;;;+2. The second kappa shape index (κ2) is 17.9. The van der Waals surface area contributed by atoms with E-state index >= 15 is 0 Å². The van der Waals surface area contributed by atoms with E-state index in [9.17, 15) is 0 Å². The summed E-state index contributed by atoms with van der Waals surface area (Å²) in [7, 11) is 9.66. The molecule has 4 rings (SSSR count). The molecular formula is C28H47Cl2OPRu+. The van der Waals surface area contributed by atoms with Gasteiger partial charge in [0.05, 0.1) is 17.0 Å². The Bertz CT molecular complexity index is 569. The van der Waals surface area contributed by atoms with Gasteiger partial charge in [-0.05, 0) is 83.1 Å². The average molecular weight is 603 g/mol. The molecule has 3 aliphatic carbocycles. The van der Waals surface area contributed by atoms with Gasteiger partial charge in [-0.3, -0.25) is 0 Å². The molecule has 191 valence electrons. The number of aliphatic hydroxyl groups is 1. The number of hydrogen-bond donors (Lipinski definition) is 0. The van der Waals surface area contributed by atoms with Crippen LogP contribution in [0.1, 0.15) is 116 Å². The van der Waals surface area contributed by atoms with Crippen molar-refractivity contribution >= 4 is 27.3 Å². The van der Waals surface area contributed by atoms with Gasteiger partial charge in [-0.1, -0.05) is 25.3 Å². The zero-order valence-electron chi connectivity index (χ0n) is 20.9. The van der Waals surface area contributed by atoms with Crippen molar-refractivity contribution in [2.45, 2.75) is 133 Å². The molecule has 0 aromatic heterocycles. The molecule has 1 radical (unpaired) electrons. The molecule has 3 saturated carbocycles. The van der Waals surface area contributed by atoms with Gasteiger partial charge in [0.1, 0.15) is 0 Å². The van der Waals surface area contributed by atoms with Gasteiger partial charge in [0.15, 0.2) is 11.9 Å². The van der Waals surface area contributed by atoms with Crippen molar-refractivity contribution in [3.63, 3.8) is 0 Å². The topological polar surface area (TPSA) is 12.8 Å². The van der Waals surface area contributed by atoms with E-state index in [0.29, 0.717) is 6.10 Å². The van der Waals surface area contributed by atoms with Crippen LogP contribution in [0, 0.1) is 6.92 Å². The molecule has 3 aliphatic rings. The van der Waals surface area contributed by atoms with Crippen LogP contribution in [0.5, 0.6) is 5.75 Å². The SMILES string of the molecule is C1CCC([PH+](C2CCCCC2)C2CCCCC2)CC1.[CH-]c1ccccc1[OH+]C(C)C.[Cl][Ru][Cl]. The van der Waals surface area contributed by atoms with Crippen LogP contribution < -0.4 is 0 Å². The van der Waals surface area contributed by atoms with Crippen LogP contribution in [0.25, 0.3) is 0 Å². The Kier molecular flexibility index (Phi) is 16.1. The van der Waals surface area contributed by atoms with Gasteiger partial charge in [0.2, 0.25) is 0 Å². The Morgan fingerprint density at radius 2 is 1.12 bits per heavy atom. The molecule has 0 aliphatic heterocycles. The van der Waals surface area contributed by atoms with E-state index in [1.54, 1.807) is 96.3 Å². The molecule has 0 unspecified atom stereocenters. The van der Waals surface area contributed by atoms with Gasteiger partial charge in [0, 0.05) is 21.8 Å². The number of hydrogen-bond acceptors (Lipinski definition) is 0. The third-order valence-electron chi connectivity index (χ3n) is 7.56. The second-order valence-corrected chi connectivity index (χ2v) is 16.4. The molecule has 0 saturated heterocycles. The van der Waals surface area contributed by atoms with E-state index in [1.807, 2.05) is 38.1 Å². The van der Waals surface area contributed by atoms with Gasteiger partial charge >= 0.3 is 34.5 Å². The summed E-state index contributed by atoms with van der Waals surface area (Å²) in [6.07, 6.45) is 24.1. The van der Waals surface area contributed by atoms with Gasteiger partial charge in [-0.15, -0.1) is 11.6 Å². The molecular weight excluding hydrogens is 555 g/mol. The summed E-state index contributed by atoms with van der Waals surface area (Å²) in [6.45, 7) is 9.74. The summed E-state index contributed by atoms with van der Waals surface area (Å²) in [4.78, 5) is 0. The van der Waals surface area contributed by atoms with E-state index in [2.05, 4.69) is 4.74 Å². The van der Waals surface area contributed by atoms with Crippen molar-refractivity contribution in [1.82, 2.24) is 0 Å². The summed E-state index contributed by atoms with van der Waals surface area (Å²) in [6, 6.07) is 7.64. The van der Waals surface area contributed by atoms with Crippen LogP contribution in [-0.4, -0.2) is 27.8 Å². The van der Waals surface area contributed by atoms with Gasteiger partial charge in [-0.2, -0.15) is 6.07 Å². The second-order valence-electron chi connectivity index (χ2n) is 10.3. The summed E-state index contributed by atoms with van der Waals surface area (Å²) in [5.41, 5.74) is 4.43. The van der Waals surface area contributed by atoms with Crippen molar-refractivity contribution in [3.8, 4) is 5.75 Å². The van der Waals surface area contributed by atoms with E-state index in [0.717, 1.165) is 11.3 Å². The van der Waals surface area contributed by atoms with Crippen molar-refractivity contribution < 1.29 is 19.9 Å². The maximum absolute atomic E-state index is 5.68. The summed E-state index contributed by atoms with van der Waals surface area (Å²) >= 11 is -0.346. The van der Waals surface area contributed by atoms with E-state index in [1.165, 1.54) is 17.0 Å². The minimum atomic E-state index is -0.346. The maximum atomic E-state index is 5.68. The van der Waals surface area contributed by atoms with Crippen LogP contribution in [0.4, 0.5) is 0 Å². The summed E-state index contributed by atoms with van der Waals surface area (Å²) < 4.78 is 4.33. The third-order valence-corrected chi connectivity index (χ3v) is 12.1. The van der Waals surface area contributed by atoms with Crippen LogP contribution >= 0.6 is 27.3 Å². The van der Waals surface area contributed by atoms with Crippen LogP contribution in [-0.2, 0) is 15.1 Å². The molecule has 1 aromatic rings. The fourth-order valence-corrected chi connectivity index (χ4v) is 11.4. The number of ether oxygens (including phenoxy) is 1. The fraction of sp³-hybridized carbons (Fsp3) is 0.750. The molecule has 3 fully saturated rings. The van der Waals surface area contributed by atoms with Crippen molar-refractivity contribution in [3.05, 3.63) is 36.8 Å². The molecule has 5 heteroatoms. The predicted octanol–water partition coefficient (Wildman–Crippen LogP) is 9.97. The quantitative estimate of drug-likeness (QED) is 0.138. The minimum absolute atomic E-state index is 0.0465. The molecule has 1 nitrogen and oxygen atoms in total. The van der Waals surface area contributed by atoms with Gasteiger partial charge < -0.3 is 4.74 Å². The molecule has 1 N–H and O–H groups in total. The predicted molar refractivity (Wildman–Crippen MR) is 147 cm³/mol. The number of halogens is 2. The Morgan fingerprint density at radius 1 is 0.758 bits per heavy atom. The number of benzene rings is 1. The monoisotopic (exact) mass is 602 g/mol.